The quantitative estimate of drug-likeness (QED) is 0.713. The molecule has 10 heteroatoms. The lowest BCUT2D eigenvalue weighted by molar-refractivity contribution is -0.139. The summed E-state index contributed by atoms with van der Waals surface area (Å²) in [7, 11) is 0. The lowest BCUT2D eigenvalue weighted by Gasteiger charge is -2.24. The highest BCUT2D eigenvalue weighted by atomic mass is 19.4. The molecule has 0 bridgehead atoms. The molecule has 3 rings (SSSR count). The SMILES string of the molecule is O=C(NC(c1ccc(C(F)(F)F)cc1)c1ncccc1C(F)(F)F)C1=CC=CCN1. The van der Waals surface area contributed by atoms with Crippen molar-refractivity contribution in [2.45, 2.75) is 18.4 Å². The van der Waals surface area contributed by atoms with Crippen LogP contribution in [0.2, 0.25) is 0 Å². The van der Waals surface area contributed by atoms with Crippen molar-refractivity contribution in [1.29, 1.82) is 0 Å². The van der Waals surface area contributed by atoms with Gasteiger partial charge in [-0.2, -0.15) is 26.3 Å². The first kappa shape index (κ1) is 21.4. The minimum atomic E-state index is -4.77. The van der Waals surface area contributed by atoms with E-state index in [1.165, 1.54) is 6.08 Å². The first-order chi connectivity index (χ1) is 14.1. The number of carbonyl (C=O) groups excluding carboxylic acids is 1. The highest BCUT2D eigenvalue weighted by molar-refractivity contribution is 5.93. The van der Waals surface area contributed by atoms with Gasteiger partial charge < -0.3 is 10.6 Å². The zero-order valence-electron chi connectivity index (χ0n) is 15.2. The molecular formula is C20H15F6N3O. The number of rotatable bonds is 4. The van der Waals surface area contributed by atoms with Crippen LogP contribution in [-0.2, 0) is 17.1 Å². The van der Waals surface area contributed by atoms with E-state index in [1.807, 2.05) is 0 Å². The molecule has 158 valence electrons. The molecule has 1 unspecified atom stereocenters. The number of hydrogen-bond donors (Lipinski definition) is 2. The Balaban J connectivity index is 2.05. The van der Waals surface area contributed by atoms with Crippen molar-refractivity contribution in [3.8, 4) is 0 Å². The molecule has 1 amide bonds. The number of dihydropyridines is 1. The molecule has 4 nitrogen and oxygen atoms in total. The number of benzene rings is 1. The van der Waals surface area contributed by atoms with Crippen molar-refractivity contribution in [2.24, 2.45) is 0 Å². The molecule has 2 N–H and O–H groups in total. The van der Waals surface area contributed by atoms with Crippen molar-refractivity contribution in [1.82, 2.24) is 15.6 Å². The molecule has 2 heterocycles. The van der Waals surface area contributed by atoms with Crippen LogP contribution in [0.3, 0.4) is 0 Å². The second kappa shape index (κ2) is 8.21. The maximum atomic E-state index is 13.5. The van der Waals surface area contributed by atoms with E-state index in [4.69, 9.17) is 0 Å². The average molecular weight is 427 g/mol. The number of amides is 1. The number of hydrogen-bond acceptors (Lipinski definition) is 3. The Morgan fingerprint density at radius 1 is 1.03 bits per heavy atom. The number of nitrogens with zero attached hydrogens (tertiary/aromatic N) is 1. The van der Waals surface area contributed by atoms with Gasteiger partial charge in [0.05, 0.1) is 22.9 Å². The van der Waals surface area contributed by atoms with Gasteiger partial charge in [-0.3, -0.25) is 9.78 Å². The van der Waals surface area contributed by atoms with Crippen molar-refractivity contribution >= 4 is 5.91 Å². The molecule has 1 aromatic carbocycles. The number of halogens is 6. The van der Waals surface area contributed by atoms with E-state index < -0.39 is 41.1 Å². The van der Waals surface area contributed by atoms with Gasteiger partial charge in [0, 0.05) is 12.7 Å². The molecule has 1 atom stereocenters. The number of alkyl halides is 6. The monoisotopic (exact) mass is 427 g/mol. The van der Waals surface area contributed by atoms with Crippen LogP contribution in [-0.4, -0.2) is 17.4 Å². The highest BCUT2D eigenvalue weighted by Crippen LogP contribution is 2.36. The molecule has 0 saturated heterocycles. The summed E-state index contributed by atoms with van der Waals surface area (Å²) in [5.41, 5.74) is -2.45. The standard InChI is InChI=1S/C20H15F6N3O/c21-19(22,23)13-8-6-12(7-9-13)16(29-18(30)15-5-1-2-10-27-15)17-14(20(24,25)26)4-3-11-28-17/h1-9,11,16,27H,10H2,(H,29,30). The number of carbonyl (C=O) groups is 1. The third-order valence-corrected chi connectivity index (χ3v) is 4.32. The van der Waals surface area contributed by atoms with E-state index >= 15 is 0 Å². The summed E-state index contributed by atoms with van der Waals surface area (Å²) in [5.74, 6) is -0.719. The van der Waals surface area contributed by atoms with Crippen LogP contribution in [0.25, 0.3) is 0 Å². The molecular weight excluding hydrogens is 412 g/mol. The minimum absolute atomic E-state index is 0.0208. The van der Waals surface area contributed by atoms with Crippen LogP contribution >= 0.6 is 0 Å². The minimum Gasteiger partial charge on any atom is -0.377 e. The second-order valence-electron chi connectivity index (χ2n) is 6.35. The fraction of sp³-hybridized carbons (Fsp3) is 0.200. The predicted molar refractivity (Wildman–Crippen MR) is 95.9 cm³/mol. The summed E-state index contributed by atoms with van der Waals surface area (Å²) in [6, 6.07) is 3.99. The maximum absolute atomic E-state index is 13.5. The molecule has 1 aliphatic rings. The van der Waals surface area contributed by atoms with Gasteiger partial charge in [0.25, 0.3) is 5.91 Å². The number of aromatic nitrogens is 1. The first-order valence-electron chi connectivity index (χ1n) is 8.68. The zero-order valence-corrected chi connectivity index (χ0v) is 15.2. The molecule has 2 aromatic rings. The second-order valence-corrected chi connectivity index (χ2v) is 6.35. The topological polar surface area (TPSA) is 54.0 Å². The molecule has 1 aliphatic heterocycles. The first-order valence-corrected chi connectivity index (χ1v) is 8.68. The Kier molecular flexibility index (Phi) is 5.86. The van der Waals surface area contributed by atoms with Crippen molar-refractivity contribution in [3.63, 3.8) is 0 Å². The Labute approximate surface area is 167 Å². The molecule has 30 heavy (non-hydrogen) atoms. The summed E-state index contributed by atoms with van der Waals surface area (Å²) in [4.78, 5) is 16.4. The van der Waals surface area contributed by atoms with E-state index in [0.29, 0.717) is 6.54 Å². The molecule has 0 aliphatic carbocycles. The van der Waals surface area contributed by atoms with E-state index in [0.717, 1.165) is 42.6 Å². The lowest BCUT2D eigenvalue weighted by Crippen LogP contribution is -2.37. The highest BCUT2D eigenvalue weighted by Gasteiger charge is 2.37. The van der Waals surface area contributed by atoms with Crippen molar-refractivity contribution < 1.29 is 31.1 Å². The summed E-state index contributed by atoms with van der Waals surface area (Å²) in [6.45, 7) is 0.349. The van der Waals surface area contributed by atoms with E-state index in [-0.39, 0.29) is 11.3 Å². The smallest absolute Gasteiger partial charge is 0.377 e. The number of nitrogens with one attached hydrogen (secondary N) is 2. The van der Waals surface area contributed by atoms with Gasteiger partial charge in [0.2, 0.25) is 0 Å². The van der Waals surface area contributed by atoms with Gasteiger partial charge in [0.15, 0.2) is 0 Å². The van der Waals surface area contributed by atoms with E-state index in [9.17, 15) is 31.1 Å². The van der Waals surface area contributed by atoms with Crippen LogP contribution in [0.1, 0.15) is 28.4 Å². The Morgan fingerprint density at radius 3 is 2.30 bits per heavy atom. The Hall–Kier alpha value is -3.30. The van der Waals surface area contributed by atoms with Gasteiger partial charge in [0.1, 0.15) is 5.70 Å². The zero-order chi connectivity index (χ0) is 21.9. The van der Waals surface area contributed by atoms with Gasteiger partial charge in [-0.1, -0.05) is 24.3 Å². The van der Waals surface area contributed by atoms with E-state index in [2.05, 4.69) is 15.6 Å². The molecule has 0 saturated carbocycles. The van der Waals surface area contributed by atoms with Crippen molar-refractivity contribution in [2.75, 3.05) is 6.54 Å². The summed E-state index contributed by atoms with van der Waals surface area (Å²) in [6.07, 6.45) is -3.50. The van der Waals surface area contributed by atoms with Gasteiger partial charge >= 0.3 is 12.4 Å². The van der Waals surface area contributed by atoms with Crippen LogP contribution < -0.4 is 10.6 Å². The molecule has 0 fully saturated rings. The molecule has 0 spiro atoms. The fourth-order valence-corrected chi connectivity index (χ4v) is 2.89. The third kappa shape index (κ3) is 4.81. The summed E-state index contributed by atoms with van der Waals surface area (Å²) < 4.78 is 79.1. The van der Waals surface area contributed by atoms with Gasteiger partial charge in [-0.15, -0.1) is 0 Å². The van der Waals surface area contributed by atoms with Crippen LogP contribution in [0.4, 0.5) is 26.3 Å². The fourth-order valence-electron chi connectivity index (χ4n) is 2.89. The average Bonchev–Trinajstić information content (AvgIpc) is 2.71. The largest absolute Gasteiger partial charge is 0.418 e. The molecule has 0 radical (unpaired) electrons. The van der Waals surface area contributed by atoms with E-state index in [1.54, 1.807) is 12.2 Å². The summed E-state index contributed by atoms with van der Waals surface area (Å²) >= 11 is 0. The molecule has 1 aromatic heterocycles. The van der Waals surface area contributed by atoms with Gasteiger partial charge in [-0.05, 0) is 35.9 Å². The Bertz CT molecular complexity index is 977. The number of allylic oxidation sites excluding steroid dienone is 2. The summed E-state index contributed by atoms with van der Waals surface area (Å²) in [5, 5.41) is 5.21. The number of pyridine rings is 1. The lowest BCUT2D eigenvalue weighted by atomic mass is 9.97. The van der Waals surface area contributed by atoms with Crippen molar-refractivity contribution in [3.05, 3.63) is 88.9 Å². The Morgan fingerprint density at radius 2 is 1.73 bits per heavy atom. The van der Waals surface area contributed by atoms with Crippen LogP contribution in [0.5, 0.6) is 0 Å². The van der Waals surface area contributed by atoms with Crippen LogP contribution in [0, 0.1) is 0 Å². The van der Waals surface area contributed by atoms with Gasteiger partial charge in [-0.25, -0.2) is 0 Å². The predicted octanol–water partition coefficient (Wildman–Crippen LogP) is 4.37. The third-order valence-electron chi connectivity index (χ3n) is 4.32. The van der Waals surface area contributed by atoms with Crippen LogP contribution in [0.15, 0.2) is 66.5 Å². The normalized spacial score (nSPS) is 15.2. The maximum Gasteiger partial charge on any atom is 0.418 e.